The van der Waals surface area contributed by atoms with Crippen molar-refractivity contribution < 1.29 is 13.9 Å². The van der Waals surface area contributed by atoms with Crippen molar-refractivity contribution in [3.05, 3.63) is 30.1 Å². The van der Waals surface area contributed by atoms with Crippen molar-refractivity contribution in [2.45, 2.75) is 51.5 Å². The number of benzene rings is 1. The molecule has 2 rings (SSSR count). The number of urea groups is 1. The van der Waals surface area contributed by atoms with Crippen molar-refractivity contribution in [1.29, 1.82) is 0 Å². The van der Waals surface area contributed by atoms with Gasteiger partial charge in [-0.15, -0.1) is 0 Å². The van der Waals surface area contributed by atoms with Gasteiger partial charge in [0.25, 0.3) is 0 Å². The standard InChI is InChI=1S/C19H29FN2O2/c1-15-6-5-7-17(14-15)22(2)19(23)21-12-3-4-13-24-18-10-8-16(20)9-11-18/h8-11,15,17H,3-7,12-14H2,1-2H3,(H,21,23). The summed E-state index contributed by atoms with van der Waals surface area (Å²) in [4.78, 5) is 14.0. The van der Waals surface area contributed by atoms with Gasteiger partial charge in [-0.3, -0.25) is 0 Å². The molecule has 0 bridgehead atoms. The summed E-state index contributed by atoms with van der Waals surface area (Å²) < 4.78 is 18.3. The Labute approximate surface area is 144 Å². The van der Waals surface area contributed by atoms with Crippen molar-refractivity contribution in [2.24, 2.45) is 5.92 Å². The van der Waals surface area contributed by atoms with E-state index in [0.717, 1.165) is 25.7 Å². The molecule has 0 saturated heterocycles. The molecule has 0 radical (unpaired) electrons. The number of carbonyl (C=O) groups is 1. The van der Waals surface area contributed by atoms with E-state index in [9.17, 15) is 9.18 Å². The van der Waals surface area contributed by atoms with Crippen LogP contribution < -0.4 is 10.1 Å². The van der Waals surface area contributed by atoms with Crippen molar-refractivity contribution in [3.63, 3.8) is 0 Å². The minimum Gasteiger partial charge on any atom is -0.494 e. The molecule has 2 amide bonds. The molecule has 0 aliphatic heterocycles. The number of hydrogen-bond acceptors (Lipinski definition) is 2. The number of hydrogen-bond donors (Lipinski definition) is 1. The molecule has 134 valence electrons. The Kier molecular flexibility index (Phi) is 7.35. The number of carbonyl (C=O) groups excluding carboxylic acids is 1. The van der Waals surface area contributed by atoms with E-state index in [1.807, 2.05) is 11.9 Å². The van der Waals surface area contributed by atoms with Crippen LogP contribution in [0, 0.1) is 11.7 Å². The van der Waals surface area contributed by atoms with Gasteiger partial charge in [-0.05, 0) is 55.9 Å². The number of halogens is 1. The number of ether oxygens (including phenoxy) is 1. The Hall–Kier alpha value is -1.78. The van der Waals surface area contributed by atoms with E-state index >= 15 is 0 Å². The topological polar surface area (TPSA) is 41.6 Å². The van der Waals surface area contributed by atoms with Crippen molar-refractivity contribution in [3.8, 4) is 5.75 Å². The summed E-state index contributed by atoms with van der Waals surface area (Å²) in [5, 5.41) is 2.98. The van der Waals surface area contributed by atoms with E-state index in [1.165, 1.54) is 25.0 Å². The average Bonchev–Trinajstić information content (AvgIpc) is 2.58. The molecule has 1 N–H and O–H groups in total. The second kappa shape index (κ2) is 9.50. The molecule has 1 aliphatic carbocycles. The SMILES string of the molecule is CC1CCCC(N(C)C(=O)NCCCCOc2ccc(F)cc2)C1. The molecule has 1 saturated carbocycles. The highest BCUT2D eigenvalue weighted by atomic mass is 19.1. The molecular formula is C19H29FN2O2. The van der Waals surface area contributed by atoms with Gasteiger partial charge in [0.05, 0.1) is 6.61 Å². The van der Waals surface area contributed by atoms with Crippen LogP contribution in [0.25, 0.3) is 0 Å². The summed E-state index contributed by atoms with van der Waals surface area (Å²) in [5.74, 6) is 1.12. The van der Waals surface area contributed by atoms with Crippen LogP contribution in [0.15, 0.2) is 24.3 Å². The lowest BCUT2D eigenvalue weighted by Crippen LogP contribution is -2.45. The molecule has 0 aromatic heterocycles. The van der Waals surface area contributed by atoms with Gasteiger partial charge in [0.2, 0.25) is 0 Å². The molecule has 5 heteroatoms. The van der Waals surface area contributed by atoms with E-state index in [1.54, 1.807) is 12.1 Å². The normalized spacial score (nSPS) is 20.5. The minimum absolute atomic E-state index is 0.0218. The smallest absolute Gasteiger partial charge is 0.317 e. The Morgan fingerprint density at radius 3 is 2.75 bits per heavy atom. The zero-order valence-electron chi connectivity index (χ0n) is 14.8. The first-order chi connectivity index (χ1) is 11.6. The first-order valence-corrected chi connectivity index (χ1v) is 8.95. The highest BCUT2D eigenvalue weighted by Crippen LogP contribution is 2.26. The van der Waals surface area contributed by atoms with E-state index in [4.69, 9.17) is 4.74 Å². The van der Waals surface area contributed by atoms with Gasteiger partial charge in [-0.2, -0.15) is 0 Å². The first-order valence-electron chi connectivity index (χ1n) is 8.95. The third-order valence-electron chi connectivity index (χ3n) is 4.71. The van der Waals surface area contributed by atoms with Crippen LogP contribution in [0.4, 0.5) is 9.18 Å². The van der Waals surface area contributed by atoms with Crippen molar-refractivity contribution >= 4 is 6.03 Å². The fraction of sp³-hybridized carbons (Fsp3) is 0.632. The molecule has 4 nitrogen and oxygen atoms in total. The lowest BCUT2D eigenvalue weighted by atomic mass is 9.86. The zero-order chi connectivity index (χ0) is 17.4. The molecule has 0 spiro atoms. The molecule has 2 unspecified atom stereocenters. The van der Waals surface area contributed by atoms with E-state index < -0.39 is 0 Å². The Balaban J connectivity index is 1.56. The van der Waals surface area contributed by atoms with Gasteiger partial charge < -0.3 is 15.0 Å². The second-order valence-electron chi connectivity index (χ2n) is 6.78. The van der Waals surface area contributed by atoms with Crippen LogP contribution >= 0.6 is 0 Å². The van der Waals surface area contributed by atoms with Gasteiger partial charge in [0, 0.05) is 19.6 Å². The fourth-order valence-corrected chi connectivity index (χ4v) is 3.19. The Morgan fingerprint density at radius 1 is 1.29 bits per heavy atom. The monoisotopic (exact) mass is 336 g/mol. The molecule has 2 atom stereocenters. The van der Waals surface area contributed by atoms with Gasteiger partial charge >= 0.3 is 6.03 Å². The largest absolute Gasteiger partial charge is 0.494 e. The lowest BCUT2D eigenvalue weighted by molar-refractivity contribution is 0.160. The quantitative estimate of drug-likeness (QED) is 0.758. The summed E-state index contributed by atoms with van der Waals surface area (Å²) in [7, 11) is 1.90. The fourth-order valence-electron chi connectivity index (χ4n) is 3.19. The maximum Gasteiger partial charge on any atom is 0.317 e. The van der Waals surface area contributed by atoms with Crippen LogP contribution in [-0.4, -0.2) is 37.2 Å². The van der Waals surface area contributed by atoms with Crippen LogP contribution in [0.3, 0.4) is 0 Å². The van der Waals surface area contributed by atoms with Gasteiger partial charge in [-0.25, -0.2) is 9.18 Å². The highest BCUT2D eigenvalue weighted by molar-refractivity contribution is 5.74. The van der Waals surface area contributed by atoms with Crippen LogP contribution in [0.2, 0.25) is 0 Å². The predicted octanol–water partition coefficient (Wildman–Crippen LogP) is 4.20. The Bertz CT molecular complexity index is 507. The molecule has 1 fully saturated rings. The molecule has 1 aromatic carbocycles. The van der Waals surface area contributed by atoms with Crippen LogP contribution in [-0.2, 0) is 0 Å². The zero-order valence-corrected chi connectivity index (χ0v) is 14.8. The minimum atomic E-state index is -0.262. The molecule has 24 heavy (non-hydrogen) atoms. The number of unbranched alkanes of at least 4 members (excludes halogenated alkanes) is 1. The third kappa shape index (κ3) is 6.02. The summed E-state index contributed by atoms with van der Waals surface area (Å²) in [6, 6.07) is 6.41. The summed E-state index contributed by atoms with van der Waals surface area (Å²) >= 11 is 0. The second-order valence-corrected chi connectivity index (χ2v) is 6.78. The first kappa shape index (κ1) is 18.6. The lowest BCUT2D eigenvalue weighted by Gasteiger charge is -2.34. The predicted molar refractivity (Wildman–Crippen MR) is 93.7 cm³/mol. The molecule has 0 heterocycles. The van der Waals surface area contributed by atoms with Gasteiger partial charge in [0.15, 0.2) is 0 Å². The molecule has 1 aliphatic rings. The van der Waals surface area contributed by atoms with E-state index in [0.29, 0.717) is 30.9 Å². The van der Waals surface area contributed by atoms with Gasteiger partial charge in [0.1, 0.15) is 11.6 Å². The average molecular weight is 336 g/mol. The van der Waals surface area contributed by atoms with Crippen molar-refractivity contribution in [1.82, 2.24) is 10.2 Å². The summed E-state index contributed by atoms with van der Waals surface area (Å²) in [6.45, 7) is 3.48. The van der Waals surface area contributed by atoms with E-state index in [-0.39, 0.29) is 11.8 Å². The molecule has 1 aromatic rings. The van der Waals surface area contributed by atoms with Crippen molar-refractivity contribution in [2.75, 3.05) is 20.2 Å². The number of rotatable bonds is 7. The third-order valence-corrected chi connectivity index (χ3v) is 4.71. The number of nitrogens with one attached hydrogen (secondary N) is 1. The van der Waals surface area contributed by atoms with E-state index in [2.05, 4.69) is 12.2 Å². The maximum atomic E-state index is 12.8. The Morgan fingerprint density at radius 2 is 2.04 bits per heavy atom. The maximum absolute atomic E-state index is 12.8. The molecular weight excluding hydrogens is 307 g/mol. The summed E-state index contributed by atoms with van der Waals surface area (Å²) in [6.07, 6.45) is 6.42. The number of nitrogens with zero attached hydrogens (tertiary/aromatic N) is 1. The van der Waals surface area contributed by atoms with Crippen LogP contribution in [0.1, 0.15) is 45.4 Å². The summed E-state index contributed by atoms with van der Waals surface area (Å²) in [5.41, 5.74) is 0. The van der Waals surface area contributed by atoms with Gasteiger partial charge in [-0.1, -0.05) is 19.8 Å². The highest BCUT2D eigenvalue weighted by Gasteiger charge is 2.24. The van der Waals surface area contributed by atoms with Crippen LogP contribution in [0.5, 0.6) is 5.75 Å². The number of amides is 2.